The Morgan fingerprint density at radius 1 is 1.25 bits per heavy atom. The number of carbonyl (C=O) groups is 1. The van der Waals surface area contributed by atoms with E-state index in [9.17, 15) is 4.79 Å². The zero-order chi connectivity index (χ0) is 16.9. The standard InChI is InChI=1S/C19H20ClNO3/c1-23-15-8-6-14(7-9-15)12-16-13-21(10-11-24-16)19(22)17-4-2-3-5-18(17)20/h2-9,16H,10-13H2,1H3/t16-/m0/s1. The summed E-state index contributed by atoms with van der Waals surface area (Å²) in [6.45, 7) is 1.69. The van der Waals surface area contributed by atoms with Crippen molar-refractivity contribution in [3.05, 3.63) is 64.7 Å². The van der Waals surface area contributed by atoms with Crippen LogP contribution in [0.2, 0.25) is 5.02 Å². The van der Waals surface area contributed by atoms with Gasteiger partial charge in [0.2, 0.25) is 0 Å². The van der Waals surface area contributed by atoms with E-state index in [1.807, 2.05) is 41.3 Å². The van der Waals surface area contributed by atoms with Gasteiger partial charge in [-0.15, -0.1) is 0 Å². The van der Waals surface area contributed by atoms with Crippen LogP contribution in [0.4, 0.5) is 0 Å². The number of halogens is 1. The zero-order valence-electron chi connectivity index (χ0n) is 13.6. The fraction of sp³-hybridized carbons (Fsp3) is 0.316. The first-order chi connectivity index (χ1) is 11.7. The molecule has 0 aliphatic carbocycles. The van der Waals surface area contributed by atoms with Crippen molar-refractivity contribution in [2.75, 3.05) is 26.8 Å². The Morgan fingerprint density at radius 3 is 2.71 bits per heavy atom. The van der Waals surface area contributed by atoms with Gasteiger partial charge < -0.3 is 14.4 Å². The molecule has 1 saturated heterocycles. The molecule has 1 heterocycles. The van der Waals surface area contributed by atoms with Gasteiger partial charge in [-0.2, -0.15) is 0 Å². The molecule has 0 bridgehead atoms. The van der Waals surface area contributed by atoms with E-state index in [0.29, 0.717) is 30.3 Å². The van der Waals surface area contributed by atoms with Gasteiger partial charge in [-0.3, -0.25) is 4.79 Å². The second-order valence-electron chi connectivity index (χ2n) is 5.78. The van der Waals surface area contributed by atoms with Gasteiger partial charge in [0, 0.05) is 19.5 Å². The third-order valence-electron chi connectivity index (χ3n) is 4.15. The lowest BCUT2D eigenvalue weighted by atomic mass is 10.1. The zero-order valence-corrected chi connectivity index (χ0v) is 14.3. The minimum absolute atomic E-state index is 0.0152. The van der Waals surface area contributed by atoms with Gasteiger partial charge in [-0.05, 0) is 29.8 Å². The summed E-state index contributed by atoms with van der Waals surface area (Å²) in [5.74, 6) is 0.794. The highest BCUT2D eigenvalue weighted by Gasteiger charge is 2.26. The summed E-state index contributed by atoms with van der Waals surface area (Å²) in [4.78, 5) is 14.5. The first-order valence-electron chi connectivity index (χ1n) is 7.95. The van der Waals surface area contributed by atoms with E-state index in [2.05, 4.69) is 0 Å². The molecule has 0 aromatic heterocycles. The summed E-state index contributed by atoms with van der Waals surface area (Å²) in [7, 11) is 1.65. The van der Waals surface area contributed by atoms with E-state index in [1.54, 1.807) is 19.2 Å². The van der Waals surface area contributed by atoms with Gasteiger partial charge in [-0.1, -0.05) is 35.9 Å². The van der Waals surface area contributed by atoms with Crippen molar-refractivity contribution >= 4 is 17.5 Å². The van der Waals surface area contributed by atoms with E-state index in [-0.39, 0.29) is 12.0 Å². The van der Waals surface area contributed by atoms with Crippen LogP contribution in [0.25, 0.3) is 0 Å². The average Bonchev–Trinajstić information content (AvgIpc) is 2.62. The molecule has 0 N–H and O–H groups in total. The predicted octanol–water partition coefficient (Wildman–Crippen LogP) is 3.43. The number of benzene rings is 2. The molecule has 1 atom stereocenters. The number of ether oxygens (including phenoxy) is 2. The van der Waals surface area contributed by atoms with E-state index >= 15 is 0 Å². The van der Waals surface area contributed by atoms with Crippen molar-refractivity contribution in [3.8, 4) is 5.75 Å². The molecule has 2 aromatic rings. The van der Waals surface area contributed by atoms with Crippen LogP contribution in [-0.4, -0.2) is 43.7 Å². The maximum absolute atomic E-state index is 12.7. The average molecular weight is 346 g/mol. The molecule has 0 saturated carbocycles. The Bertz CT molecular complexity index is 702. The summed E-state index contributed by atoms with van der Waals surface area (Å²) in [5.41, 5.74) is 1.71. The summed E-state index contributed by atoms with van der Waals surface area (Å²) >= 11 is 6.14. The van der Waals surface area contributed by atoms with Crippen LogP contribution in [0.1, 0.15) is 15.9 Å². The van der Waals surface area contributed by atoms with Crippen LogP contribution in [-0.2, 0) is 11.2 Å². The van der Waals surface area contributed by atoms with Crippen molar-refractivity contribution in [3.63, 3.8) is 0 Å². The Labute approximate surface area is 146 Å². The van der Waals surface area contributed by atoms with E-state index < -0.39 is 0 Å². The largest absolute Gasteiger partial charge is 0.497 e. The maximum Gasteiger partial charge on any atom is 0.255 e. The molecule has 1 fully saturated rings. The topological polar surface area (TPSA) is 38.8 Å². The number of morpholine rings is 1. The monoisotopic (exact) mass is 345 g/mol. The fourth-order valence-electron chi connectivity index (χ4n) is 2.86. The number of carbonyl (C=O) groups excluding carboxylic acids is 1. The van der Waals surface area contributed by atoms with Crippen molar-refractivity contribution in [1.82, 2.24) is 4.90 Å². The molecule has 1 aliphatic heterocycles. The summed E-state index contributed by atoms with van der Waals surface area (Å²) < 4.78 is 11.0. The quantitative estimate of drug-likeness (QED) is 0.852. The molecule has 5 heteroatoms. The lowest BCUT2D eigenvalue weighted by Gasteiger charge is -2.33. The second-order valence-corrected chi connectivity index (χ2v) is 6.18. The third-order valence-corrected chi connectivity index (χ3v) is 4.48. The van der Waals surface area contributed by atoms with Crippen molar-refractivity contribution in [2.24, 2.45) is 0 Å². The number of nitrogens with zero attached hydrogens (tertiary/aromatic N) is 1. The van der Waals surface area contributed by atoms with Crippen LogP contribution >= 0.6 is 11.6 Å². The summed E-state index contributed by atoms with van der Waals surface area (Å²) in [6, 6.07) is 15.1. The van der Waals surface area contributed by atoms with Gasteiger partial charge in [0.15, 0.2) is 0 Å². The molecule has 4 nitrogen and oxygen atoms in total. The van der Waals surface area contributed by atoms with Crippen LogP contribution in [0.5, 0.6) is 5.75 Å². The third kappa shape index (κ3) is 3.89. The smallest absolute Gasteiger partial charge is 0.255 e. The van der Waals surface area contributed by atoms with Gasteiger partial charge in [0.25, 0.3) is 5.91 Å². The molecular weight excluding hydrogens is 326 g/mol. The highest BCUT2D eigenvalue weighted by Crippen LogP contribution is 2.20. The lowest BCUT2D eigenvalue weighted by molar-refractivity contribution is -0.0208. The number of hydrogen-bond donors (Lipinski definition) is 0. The Kier molecular flexibility index (Phi) is 5.38. The highest BCUT2D eigenvalue weighted by atomic mass is 35.5. The summed E-state index contributed by atoms with van der Waals surface area (Å²) in [6.07, 6.45) is 0.745. The van der Waals surface area contributed by atoms with E-state index in [4.69, 9.17) is 21.1 Å². The molecule has 0 unspecified atom stereocenters. The second kappa shape index (κ2) is 7.69. The van der Waals surface area contributed by atoms with Gasteiger partial charge in [0.05, 0.1) is 30.4 Å². The number of methoxy groups -OCH3 is 1. The number of hydrogen-bond acceptors (Lipinski definition) is 3. The van der Waals surface area contributed by atoms with Crippen LogP contribution < -0.4 is 4.74 Å². The van der Waals surface area contributed by atoms with Gasteiger partial charge in [0.1, 0.15) is 5.75 Å². The molecule has 1 aliphatic rings. The Hall–Kier alpha value is -2.04. The van der Waals surface area contributed by atoms with Crippen LogP contribution in [0, 0.1) is 0 Å². The molecular formula is C19H20ClNO3. The van der Waals surface area contributed by atoms with E-state index in [0.717, 1.165) is 17.7 Å². The van der Waals surface area contributed by atoms with Crippen molar-refractivity contribution < 1.29 is 14.3 Å². The van der Waals surface area contributed by atoms with Gasteiger partial charge >= 0.3 is 0 Å². The van der Waals surface area contributed by atoms with Crippen LogP contribution in [0.3, 0.4) is 0 Å². The van der Waals surface area contributed by atoms with E-state index in [1.165, 1.54) is 0 Å². The van der Waals surface area contributed by atoms with Crippen molar-refractivity contribution in [2.45, 2.75) is 12.5 Å². The molecule has 24 heavy (non-hydrogen) atoms. The molecule has 1 amide bonds. The van der Waals surface area contributed by atoms with Crippen LogP contribution in [0.15, 0.2) is 48.5 Å². The highest BCUT2D eigenvalue weighted by molar-refractivity contribution is 6.33. The number of amides is 1. The molecule has 0 spiro atoms. The predicted molar refractivity (Wildman–Crippen MR) is 93.8 cm³/mol. The minimum Gasteiger partial charge on any atom is -0.497 e. The van der Waals surface area contributed by atoms with Crippen molar-refractivity contribution in [1.29, 1.82) is 0 Å². The number of rotatable bonds is 4. The first kappa shape index (κ1) is 16.8. The first-order valence-corrected chi connectivity index (χ1v) is 8.33. The maximum atomic E-state index is 12.7. The molecule has 3 rings (SSSR count). The molecule has 126 valence electrons. The summed E-state index contributed by atoms with van der Waals surface area (Å²) in [5, 5.41) is 0.487. The lowest BCUT2D eigenvalue weighted by Crippen LogP contribution is -2.46. The van der Waals surface area contributed by atoms with Gasteiger partial charge in [-0.25, -0.2) is 0 Å². The SMILES string of the molecule is COc1ccc(C[C@H]2CN(C(=O)c3ccccc3Cl)CCO2)cc1. The fourth-order valence-corrected chi connectivity index (χ4v) is 3.07. The molecule has 0 radical (unpaired) electrons. The minimum atomic E-state index is -0.0383. The Balaban J connectivity index is 1.65. The Morgan fingerprint density at radius 2 is 2.00 bits per heavy atom. The molecule has 2 aromatic carbocycles. The normalized spacial score (nSPS) is 17.6.